The van der Waals surface area contributed by atoms with Gasteiger partial charge in [-0.05, 0) is 73.3 Å². The van der Waals surface area contributed by atoms with Crippen LogP contribution in [0, 0.1) is 23.2 Å². The molecule has 0 amide bonds. The molecule has 2 aromatic rings. The summed E-state index contributed by atoms with van der Waals surface area (Å²) in [7, 11) is 3.28. The summed E-state index contributed by atoms with van der Waals surface area (Å²) in [5.74, 6) is 2.81. The van der Waals surface area contributed by atoms with Crippen molar-refractivity contribution in [2.75, 3.05) is 20.8 Å². The molecule has 6 nitrogen and oxygen atoms in total. The number of methoxy groups -OCH3 is 2. The van der Waals surface area contributed by atoms with Gasteiger partial charge in [0.25, 0.3) is 0 Å². The molecule has 0 N–H and O–H groups in total. The fourth-order valence-corrected chi connectivity index (χ4v) is 6.79. The summed E-state index contributed by atoms with van der Waals surface area (Å²) in [5, 5.41) is 0. The molecule has 0 radical (unpaired) electrons. The van der Waals surface area contributed by atoms with E-state index in [1.807, 2.05) is 30.3 Å². The minimum absolute atomic E-state index is 0.0196. The second kappa shape index (κ2) is 9.73. The Kier molecular flexibility index (Phi) is 6.67. The lowest BCUT2D eigenvalue weighted by Crippen LogP contribution is -2.45. The molecule has 2 heterocycles. The van der Waals surface area contributed by atoms with Crippen LogP contribution < -0.4 is 9.47 Å². The van der Waals surface area contributed by atoms with Crippen LogP contribution in [0.2, 0.25) is 0 Å². The van der Waals surface area contributed by atoms with Gasteiger partial charge >= 0.3 is 5.97 Å². The number of allylic oxidation sites excluding steroid dienone is 1. The Balaban J connectivity index is 1.37. The number of hydrogen-bond acceptors (Lipinski definition) is 6. The molecule has 1 aliphatic heterocycles. The lowest BCUT2D eigenvalue weighted by atomic mass is 9.55. The standard InChI is InChI=1S/C29H37NO5/c1-19-7-5-11-29(2)15-27-22(14-24(19)29)23(28(31)35-27)18-30(17-21-8-6-12-34-21)16-20-9-10-25(32-3)26(13-20)33-4/h6,8-10,12-13,22-24,27H,1,5,7,11,14-18H2,2-4H3/t22-,23?,24+,27-,29-/m1/s1. The number of hydrogen-bond donors (Lipinski definition) is 0. The number of benzene rings is 1. The average Bonchev–Trinajstić information content (AvgIpc) is 3.45. The Bertz CT molecular complexity index is 1060. The van der Waals surface area contributed by atoms with Crippen molar-refractivity contribution in [1.29, 1.82) is 0 Å². The molecule has 1 aromatic heterocycles. The van der Waals surface area contributed by atoms with Crippen LogP contribution in [0.4, 0.5) is 0 Å². The maximum Gasteiger partial charge on any atom is 0.310 e. The van der Waals surface area contributed by atoms with E-state index in [0.29, 0.717) is 37.1 Å². The van der Waals surface area contributed by atoms with Gasteiger partial charge in [-0.1, -0.05) is 25.1 Å². The highest BCUT2D eigenvalue weighted by molar-refractivity contribution is 5.75. The first-order valence-electron chi connectivity index (χ1n) is 12.7. The Labute approximate surface area is 208 Å². The Morgan fingerprint density at radius 2 is 2.00 bits per heavy atom. The van der Waals surface area contributed by atoms with Crippen molar-refractivity contribution in [2.24, 2.45) is 23.2 Å². The van der Waals surface area contributed by atoms with E-state index in [-0.39, 0.29) is 29.3 Å². The molecule has 188 valence electrons. The molecule has 1 aromatic carbocycles. The van der Waals surface area contributed by atoms with Crippen LogP contribution in [0.3, 0.4) is 0 Å². The van der Waals surface area contributed by atoms with Gasteiger partial charge in [-0.3, -0.25) is 9.69 Å². The second-order valence-electron chi connectivity index (χ2n) is 10.8. The van der Waals surface area contributed by atoms with Crippen molar-refractivity contribution in [3.05, 3.63) is 60.1 Å². The van der Waals surface area contributed by atoms with Gasteiger partial charge in [0.2, 0.25) is 0 Å². The first-order chi connectivity index (χ1) is 16.9. The highest BCUT2D eigenvalue weighted by Crippen LogP contribution is 2.57. The van der Waals surface area contributed by atoms with Crippen LogP contribution in [-0.2, 0) is 22.6 Å². The van der Waals surface area contributed by atoms with Crippen molar-refractivity contribution < 1.29 is 23.4 Å². The number of carbonyl (C=O) groups is 1. The van der Waals surface area contributed by atoms with Crippen LogP contribution in [0.25, 0.3) is 0 Å². The third kappa shape index (κ3) is 4.73. The highest BCUT2D eigenvalue weighted by atomic mass is 16.6. The maximum atomic E-state index is 13.2. The summed E-state index contributed by atoms with van der Waals surface area (Å²) in [5.41, 5.74) is 2.67. The van der Waals surface area contributed by atoms with E-state index in [4.69, 9.17) is 18.6 Å². The lowest BCUT2D eigenvalue weighted by Gasteiger charge is -2.50. The quantitative estimate of drug-likeness (QED) is 0.362. The fourth-order valence-electron chi connectivity index (χ4n) is 6.79. The van der Waals surface area contributed by atoms with Gasteiger partial charge in [-0.25, -0.2) is 0 Å². The third-order valence-electron chi connectivity index (χ3n) is 8.59. The Morgan fingerprint density at radius 3 is 2.74 bits per heavy atom. The zero-order chi connectivity index (χ0) is 24.6. The smallest absolute Gasteiger partial charge is 0.310 e. The number of fused-ring (bicyclic) bond motifs is 2. The fraction of sp³-hybridized carbons (Fsp3) is 0.552. The minimum Gasteiger partial charge on any atom is -0.493 e. The van der Waals surface area contributed by atoms with Crippen molar-refractivity contribution in [1.82, 2.24) is 4.90 Å². The summed E-state index contributed by atoms with van der Waals surface area (Å²) in [6.07, 6.45) is 7.18. The van der Waals surface area contributed by atoms with E-state index in [1.165, 1.54) is 18.4 Å². The topological polar surface area (TPSA) is 61.1 Å². The molecular formula is C29H37NO5. The zero-order valence-corrected chi connectivity index (χ0v) is 21.1. The Morgan fingerprint density at radius 1 is 1.17 bits per heavy atom. The number of ether oxygens (including phenoxy) is 3. The van der Waals surface area contributed by atoms with Gasteiger partial charge in [0.15, 0.2) is 11.5 Å². The molecule has 2 saturated carbocycles. The first-order valence-corrected chi connectivity index (χ1v) is 12.7. The normalized spacial score (nSPS) is 30.1. The zero-order valence-electron chi connectivity index (χ0n) is 21.1. The lowest BCUT2D eigenvalue weighted by molar-refractivity contribution is -0.146. The molecule has 5 atom stereocenters. The van der Waals surface area contributed by atoms with Gasteiger partial charge in [0.1, 0.15) is 11.9 Å². The number of nitrogens with zero attached hydrogens (tertiary/aromatic N) is 1. The monoisotopic (exact) mass is 479 g/mol. The van der Waals surface area contributed by atoms with E-state index in [9.17, 15) is 4.79 Å². The predicted octanol–water partition coefficient (Wildman–Crippen LogP) is 5.61. The summed E-state index contributed by atoms with van der Waals surface area (Å²) >= 11 is 0. The van der Waals surface area contributed by atoms with Gasteiger partial charge in [-0.2, -0.15) is 0 Å². The summed E-state index contributed by atoms with van der Waals surface area (Å²) < 4.78 is 22.6. The molecule has 1 unspecified atom stereocenters. The van der Waals surface area contributed by atoms with Crippen molar-refractivity contribution in [2.45, 2.75) is 58.2 Å². The van der Waals surface area contributed by atoms with Crippen LogP contribution in [0.5, 0.6) is 11.5 Å². The number of carbonyl (C=O) groups excluding carboxylic acids is 1. The van der Waals surface area contributed by atoms with Crippen molar-refractivity contribution in [3.63, 3.8) is 0 Å². The minimum atomic E-state index is -0.144. The molecule has 5 rings (SSSR count). The van der Waals surface area contributed by atoms with Gasteiger partial charge < -0.3 is 18.6 Å². The van der Waals surface area contributed by atoms with E-state index in [2.05, 4.69) is 18.4 Å². The summed E-state index contributed by atoms with van der Waals surface area (Å²) in [4.78, 5) is 15.5. The van der Waals surface area contributed by atoms with E-state index in [1.54, 1.807) is 20.5 Å². The maximum absolute atomic E-state index is 13.2. The largest absolute Gasteiger partial charge is 0.493 e. The number of esters is 1. The van der Waals surface area contributed by atoms with Crippen molar-refractivity contribution in [3.8, 4) is 11.5 Å². The Hall–Kier alpha value is -2.73. The van der Waals surface area contributed by atoms with Crippen LogP contribution >= 0.6 is 0 Å². The van der Waals surface area contributed by atoms with E-state index < -0.39 is 0 Å². The molecular weight excluding hydrogens is 442 g/mol. The molecule has 35 heavy (non-hydrogen) atoms. The van der Waals surface area contributed by atoms with Gasteiger partial charge in [0, 0.05) is 19.0 Å². The SMILES string of the molecule is C=C1CCC[C@]2(C)C[C@H]3OC(=O)C(CN(Cc4ccc(OC)c(OC)c4)Cc4ccco4)[C@H]3C[C@@H]12. The summed E-state index contributed by atoms with van der Waals surface area (Å²) in [6, 6.07) is 9.86. The van der Waals surface area contributed by atoms with E-state index in [0.717, 1.165) is 30.6 Å². The number of rotatable bonds is 8. The van der Waals surface area contributed by atoms with Crippen LogP contribution in [0.15, 0.2) is 53.2 Å². The third-order valence-corrected chi connectivity index (χ3v) is 8.59. The second-order valence-corrected chi connectivity index (χ2v) is 10.8. The van der Waals surface area contributed by atoms with Crippen molar-refractivity contribution >= 4 is 5.97 Å². The molecule has 0 bridgehead atoms. The molecule has 3 fully saturated rings. The van der Waals surface area contributed by atoms with Gasteiger partial charge in [-0.15, -0.1) is 0 Å². The van der Waals surface area contributed by atoms with Crippen LogP contribution in [-0.4, -0.2) is 37.7 Å². The molecule has 0 spiro atoms. The number of furan rings is 1. The van der Waals surface area contributed by atoms with E-state index >= 15 is 0 Å². The van der Waals surface area contributed by atoms with Gasteiger partial charge in [0.05, 0.1) is 32.9 Å². The molecule has 1 saturated heterocycles. The van der Waals surface area contributed by atoms with Crippen LogP contribution in [0.1, 0.15) is 50.4 Å². The average molecular weight is 480 g/mol. The summed E-state index contributed by atoms with van der Waals surface area (Å²) in [6.45, 7) is 8.72. The molecule has 6 heteroatoms. The first kappa shape index (κ1) is 24.0. The molecule has 3 aliphatic rings. The predicted molar refractivity (Wildman–Crippen MR) is 133 cm³/mol. The molecule has 2 aliphatic carbocycles. The highest BCUT2D eigenvalue weighted by Gasteiger charge is 2.55.